The fourth-order valence-electron chi connectivity index (χ4n) is 8.22. The van der Waals surface area contributed by atoms with E-state index >= 15 is 0 Å². The lowest BCUT2D eigenvalue weighted by molar-refractivity contribution is 0.640. The molecule has 4 nitrogen and oxygen atoms in total. The van der Waals surface area contributed by atoms with Gasteiger partial charge in [0.1, 0.15) is 11.2 Å². The van der Waals surface area contributed by atoms with E-state index in [9.17, 15) is 0 Å². The first kappa shape index (κ1) is 30.3. The minimum Gasteiger partial charge on any atom is -0.455 e. The van der Waals surface area contributed by atoms with Gasteiger partial charge < -0.3 is 8.98 Å². The lowest BCUT2D eigenvalue weighted by Gasteiger charge is -2.22. The Morgan fingerprint density at radius 1 is 0.615 bits per heavy atom. The van der Waals surface area contributed by atoms with E-state index in [-0.39, 0.29) is 5.41 Å². The van der Waals surface area contributed by atoms with E-state index in [1.807, 2.05) is 42.5 Å². The molecule has 0 radical (unpaired) electrons. The van der Waals surface area contributed by atoms with Gasteiger partial charge in [-0.05, 0) is 72.2 Å². The predicted octanol–water partition coefficient (Wildman–Crippen LogP) is 12.7. The molecule has 52 heavy (non-hydrogen) atoms. The third kappa shape index (κ3) is 4.40. The van der Waals surface area contributed by atoms with E-state index in [2.05, 4.69) is 135 Å². The SMILES string of the molecule is C=CC1=C(C)C(C)(C)c2cc3c(cc21)c1ccccc1n3-c1ccc2oc3c(-c4nc(-c5ccccc5)cc(-c5ccccc5)n4)cccc3c2c1. The maximum Gasteiger partial charge on any atom is 0.164 e. The summed E-state index contributed by atoms with van der Waals surface area (Å²) in [5, 5.41) is 4.55. The molecule has 0 spiro atoms. The Labute approximate surface area is 302 Å². The molecular formula is C48H35N3O. The molecule has 9 aromatic rings. The van der Waals surface area contributed by atoms with Crippen LogP contribution in [0.3, 0.4) is 0 Å². The van der Waals surface area contributed by atoms with E-state index in [1.165, 1.54) is 44.1 Å². The number of benzene rings is 6. The molecular weight excluding hydrogens is 635 g/mol. The van der Waals surface area contributed by atoms with Gasteiger partial charge in [-0.2, -0.15) is 0 Å². The molecule has 10 rings (SSSR count). The summed E-state index contributed by atoms with van der Waals surface area (Å²) in [7, 11) is 0. The summed E-state index contributed by atoms with van der Waals surface area (Å²) < 4.78 is 9.10. The van der Waals surface area contributed by atoms with Gasteiger partial charge in [-0.25, -0.2) is 9.97 Å². The van der Waals surface area contributed by atoms with Crippen molar-refractivity contribution in [2.45, 2.75) is 26.2 Å². The quantitative estimate of drug-likeness (QED) is 0.183. The molecule has 0 saturated carbocycles. The summed E-state index contributed by atoms with van der Waals surface area (Å²) in [6.45, 7) is 11.1. The van der Waals surface area contributed by atoms with E-state index in [0.29, 0.717) is 5.82 Å². The molecule has 1 aliphatic carbocycles. The Bertz CT molecular complexity index is 2890. The van der Waals surface area contributed by atoms with Crippen LogP contribution in [0.5, 0.6) is 0 Å². The van der Waals surface area contributed by atoms with Crippen LogP contribution in [0.4, 0.5) is 0 Å². The van der Waals surface area contributed by atoms with Crippen molar-refractivity contribution in [3.05, 3.63) is 169 Å². The maximum atomic E-state index is 6.70. The number of hydrogen-bond donors (Lipinski definition) is 0. The normalized spacial score (nSPS) is 13.8. The highest BCUT2D eigenvalue weighted by Gasteiger charge is 2.35. The van der Waals surface area contributed by atoms with Crippen molar-refractivity contribution in [1.29, 1.82) is 0 Å². The van der Waals surface area contributed by atoms with Gasteiger partial charge in [0.2, 0.25) is 0 Å². The Balaban J connectivity index is 1.18. The lowest BCUT2D eigenvalue weighted by Crippen LogP contribution is -2.15. The Kier molecular flexibility index (Phi) is 6.56. The minimum atomic E-state index is -0.0876. The molecule has 3 aromatic heterocycles. The van der Waals surface area contributed by atoms with Gasteiger partial charge in [0, 0.05) is 43.8 Å². The summed E-state index contributed by atoms with van der Waals surface area (Å²) in [5.41, 5.74) is 14.9. The third-order valence-corrected chi connectivity index (χ3v) is 11.2. The summed E-state index contributed by atoms with van der Waals surface area (Å²) in [5.74, 6) is 0.631. The zero-order valence-corrected chi connectivity index (χ0v) is 29.3. The number of furan rings is 1. The second-order valence-electron chi connectivity index (χ2n) is 14.3. The van der Waals surface area contributed by atoms with Crippen LogP contribution in [-0.2, 0) is 5.41 Å². The van der Waals surface area contributed by atoms with Gasteiger partial charge in [0.05, 0.1) is 28.0 Å². The molecule has 0 bridgehead atoms. The first-order valence-electron chi connectivity index (χ1n) is 17.8. The van der Waals surface area contributed by atoms with Crippen molar-refractivity contribution >= 4 is 49.3 Å². The molecule has 0 atom stereocenters. The number of rotatable bonds is 5. The molecule has 0 fully saturated rings. The van der Waals surface area contributed by atoms with E-state index < -0.39 is 0 Å². The van der Waals surface area contributed by atoms with Crippen molar-refractivity contribution in [3.8, 4) is 39.6 Å². The van der Waals surface area contributed by atoms with Crippen LogP contribution >= 0.6 is 0 Å². The molecule has 0 amide bonds. The van der Waals surface area contributed by atoms with Gasteiger partial charge in [-0.1, -0.05) is 123 Å². The van der Waals surface area contributed by atoms with Crippen LogP contribution < -0.4 is 0 Å². The number of nitrogens with zero attached hydrogens (tertiary/aromatic N) is 3. The summed E-state index contributed by atoms with van der Waals surface area (Å²) >= 11 is 0. The summed E-state index contributed by atoms with van der Waals surface area (Å²) in [4.78, 5) is 10.2. The Hall–Kier alpha value is -6.52. The molecule has 0 saturated heterocycles. The predicted molar refractivity (Wildman–Crippen MR) is 216 cm³/mol. The monoisotopic (exact) mass is 669 g/mol. The molecule has 0 aliphatic heterocycles. The Morgan fingerprint density at radius 2 is 1.29 bits per heavy atom. The van der Waals surface area contributed by atoms with Crippen LogP contribution in [-0.4, -0.2) is 14.5 Å². The van der Waals surface area contributed by atoms with Gasteiger partial charge in [0.15, 0.2) is 5.82 Å². The molecule has 4 heteroatoms. The second kappa shape index (κ2) is 11.2. The summed E-state index contributed by atoms with van der Waals surface area (Å²) in [6.07, 6.45) is 2.02. The van der Waals surface area contributed by atoms with Gasteiger partial charge in [-0.3, -0.25) is 0 Å². The number of fused-ring (bicyclic) bond motifs is 7. The first-order valence-corrected chi connectivity index (χ1v) is 17.8. The summed E-state index contributed by atoms with van der Waals surface area (Å²) in [6, 6.07) is 48.9. The number of aromatic nitrogens is 3. The van der Waals surface area contributed by atoms with E-state index in [4.69, 9.17) is 14.4 Å². The first-order chi connectivity index (χ1) is 25.4. The topological polar surface area (TPSA) is 43.9 Å². The number of para-hydroxylation sites is 2. The van der Waals surface area contributed by atoms with Crippen molar-refractivity contribution in [1.82, 2.24) is 14.5 Å². The van der Waals surface area contributed by atoms with Gasteiger partial charge in [-0.15, -0.1) is 0 Å². The average Bonchev–Trinajstić information content (AvgIpc) is 3.79. The van der Waals surface area contributed by atoms with Crippen LogP contribution in [0, 0.1) is 0 Å². The molecule has 248 valence electrons. The van der Waals surface area contributed by atoms with E-state index in [0.717, 1.165) is 55.7 Å². The second-order valence-corrected chi connectivity index (χ2v) is 14.3. The largest absolute Gasteiger partial charge is 0.455 e. The van der Waals surface area contributed by atoms with Crippen LogP contribution in [0.25, 0.3) is 88.9 Å². The molecule has 0 N–H and O–H groups in total. The molecule has 3 heterocycles. The van der Waals surface area contributed by atoms with Crippen molar-refractivity contribution in [2.75, 3.05) is 0 Å². The fourth-order valence-corrected chi connectivity index (χ4v) is 8.22. The maximum absolute atomic E-state index is 6.70. The van der Waals surface area contributed by atoms with E-state index in [1.54, 1.807) is 0 Å². The van der Waals surface area contributed by atoms with Gasteiger partial charge in [0.25, 0.3) is 0 Å². The van der Waals surface area contributed by atoms with Crippen LogP contribution in [0.1, 0.15) is 31.9 Å². The zero-order chi connectivity index (χ0) is 35.1. The standard InChI is InChI=1S/C48H35N3O/c1-5-33-29(2)48(3,4)40-27-44-38(26-37(33)40)34-19-12-13-22-43(34)51(44)32-23-24-45-39(25-32)35-20-14-21-36(46(35)52-45)47-49-41(30-15-8-6-9-16-30)28-42(50-47)31-17-10-7-11-18-31/h5-28H,1H2,2-4H3. The smallest absolute Gasteiger partial charge is 0.164 e. The highest BCUT2D eigenvalue weighted by atomic mass is 16.3. The molecule has 1 aliphatic rings. The highest BCUT2D eigenvalue weighted by Crippen LogP contribution is 2.49. The molecule has 6 aromatic carbocycles. The van der Waals surface area contributed by atoms with Crippen molar-refractivity contribution in [2.24, 2.45) is 0 Å². The fraction of sp³-hybridized carbons (Fsp3) is 0.0833. The number of allylic oxidation sites excluding steroid dienone is 3. The third-order valence-electron chi connectivity index (χ3n) is 11.2. The Morgan fingerprint density at radius 3 is 2.00 bits per heavy atom. The zero-order valence-electron chi connectivity index (χ0n) is 29.3. The minimum absolute atomic E-state index is 0.0876. The van der Waals surface area contributed by atoms with Crippen LogP contribution in [0.2, 0.25) is 0 Å². The molecule has 0 unspecified atom stereocenters. The van der Waals surface area contributed by atoms with Crippen LogP contribution in [0.15, 0.2) is 162 Å². The number of hydrogen-bond acceptors (Lipinski definition) is 3. The lowest BCUT2D eigenvalue weighted by atomic mass is 9.81. The van der Waals surface area contributed by atoms with Gasteiger partial charge >= 0.3 is 0 Å². The average molecular weight is 670 g/mol. The van der Waals surface area contributed by atoms with Crippen molar-refractivity contribution in [3.63, 3.8) is 0 Å². The van der Waals surface area contributed by atoms with Crippen molar-refractivity contribution < 1.29 is 4.42 Å². The highest BCUT2D eigenvalue weighted by molar-refractivity contribution is 6.13.